The maximum atomic E-state index is 11.5. The van der Waals surface area contributed by atoms with Gasteiger partial charge in [-0.15, -0.1) is 0 Å². The number of nitrogens with one attached hydrogen (secondary N) is 1. The Labute approximate surface area is 87.4 Å². The molecule has 0 heterocycles. The number of primary amides is 1. The zero-order valence-corrected chi connectivity index (χ0v) is 9.89. The molecule has 0 aromatic rings. The topological polar surface area (TPSA) is 55.1 Å². The zero-order valence-electron chi connectivity index (χ0n) is 9.89. The zero-order chi connectivity index (χ0) is 11.2. The molecule has 0 aromatic carbocycles. The largest absolute Gasteiger partial charge is 0.368 e. The first kappa shape index (κ1) is 13.4. The summed E-state index contributed by atoms with van der Waals surface area (Å²) in [6.07, 6.45) is 3.74. The molecule has 0 saturated heterocycles. The van der Waals surface area contributed by atoms with E-state index in [-0.39, 0.29) is 5.91 Å². The summed E-state index contributed by atoms with van der Waals surface area (Å²) in [6, 6.07) is 0.291. The van der Waals surface area contributed by atoms with Crippen LogP contribution in [0, 0.1) is 0 Å². The summed E-state index contributed by atoms with van der Waals surface area (Å²) in [5.41, 5.74) is 4.97. The molecule has 0 fully saturated rings. The molecule has 84 valence electrons. The monoisotopic (exact) mass is 200 g/mol. The molecule has 0 spiro atoms. The van der Waals surface area contributed by atoms with Gasteiger partial charge < -0.3 is 11.1 Å². The van der Waals surface area contributed by atoms with Crippen LogP contribution in [-0.4, -0.2) is 17.5 Å². The van der Waals surface area contributed by atoms with E-state index in [1.807, 2.05) is 20.8 Å². The van der Waals surface area contributed by atoms with E-state index < -0.39 is 5.54 Å². The summed E-state index contributed by atoms with van der Waals surface area (Å²) in [5, 5.41) is 3.30. The van der Waals surface area contributed by atoms with Gasteiger partial charge >= 0.3 is 0 Å². The quantitative estimate of drug-likeness (QED) is 0.658. The van der Waals surface area contributed by atoms with Crippen LogP contribution in [0.25, 0.3) is 0 Å². The maximum Gasteiger partial charge on any atom is 0.237 e. The van der Waals surface area contributed by atoms with E-state index in [1.165, 1.54) is 0 Å². The van der Waals surface area contributed by atoms with Crippen molar-refractivity contribution in [2.75, 3.05) is 0 Å². The molecule has 0 saturated carbocycles. The van der Waals surface area contributed by atoms with Gasteiger partial charge in [0.2, 0.25) is 5.91 Å². The summed E-state index contributed by atoms with van der Waals surface area (Å²) in [5.74, 6) is -0.220. The third kappa shape index (κ3) is 3.66. The Hall–Kier alpha value is -0.570. The van der Waals surface area contributed by atoms with Gasteiger partial charge in [-0.05, 0) is 26.7 Å². The third-order valence-corrected chi connectivity index (χ3v) is 2.60. The molecule has 3 nitrogen and oxygen atoms in total. The van der Waals surface area contributed by atoms with E-state index in [2.05, 4.69) is 12.2 Å². The Kier molecular flexibility index (Phi) is 5.77. The second kappa shape index (κ2) is 6.02. The van der Waals surface area contributed by atoms with Crippen LogP contribution < -0.4 is 11.1 Å². The molecule has 0 radical (unpaired) electrons. The number of carbonyl (C=O) groups excluding carboxylic acids is 1. The molecule has 0 aromatic heterocycles. The SMILES string of the molecule is CCCCC(CC)(NC(C)C)C(N)=O. The van der Waals surface area contributed by atoms with Crippen molar-refractivity contribution in [2.24, 2.45) is 5.73 Å². The minimum Gasteiger partial charge on any atom is -0.368 e. The summed E-state index contributed by atoms with van der Waals surface area (Å²) in [4.78, 5) is 11.5. The lowest BCUT2D eigenvalue weighted by Gasteiger charge is -2.32. The first-order chi connectivity index (χ1) is 6.48. The molecule has 3 heteroatoms. The predicted molar refractivity (Wildman–Crippen MR) is 60.0 cm³/mol. The second-order valence-corrected chi connectivity index (χ2v) is 4.20. The first-order valence-corrected chi connectivity index (χ1v) is 5.56. The van der Waals surface area contributed by atoms with Crippen molar-refractivity contribution in [1.29, 1.82) is 0 Å². The van der Waals surface area contributed by atoms with E-state index in [4.69, 9.17) is 5.73 Å². The van der Waals surface area contributed by atoms with Gasteiger partial charge in [0.05, 0.1) is 5.54 Å². The molecule has 0 bridgehead atoms. The number of hydrogen-bond donors (Lipinski definition) is 2. The maximum absolute atomic E-state index is 11.5. The van der Waals surface area contributed by atoms with Crippen LogP contribution in [0.15, 0.2) is 0 Å². The molecule has 0 aliphatic carbocycles. The van der Waals surface area contributed by atoms with E-state index >= 15 is 0 Å². The fourth-order valence-electron chi connectivity index (χ4n) is 1.75. The van der Waals surface area contributed by atoms with Crippen molar-refractivity contribution in [3.8, 4) is 0 Å². The van der Waals surface area contributed by atoms with E-state index in [9.17, 15) is 4.79 Å². The van der Waals surface area contributed by atoms with Crippen LogP contribution in [0.4, 0.5) is 0 Å². The van der Waals surface area contributed by atoms with Gasteiger partial charge in [-0.1, -0.05) is 26.7 Å². The Morgan fingerprint density at radius 3 is 2.29 bits per heavy atom. The number of amides is 1. The smallest absolute Gasteiger partial charge is 0.237 e. The fraction of sp³-hybridized carbons (Fsp3) is 0.909. The summed E-state index contributed by atoms with van der Waals surface area (Å²) >= 11 is 0. The average molecular weight is 200 g/mol. The van der Waals surface area contributed by atoms with Crippen molar-refractivity contribution in [3.63, 3.8) is 0 Å². The highest BCUT2D eigenvalue weighted by atomic mass is 16.1. The third-order valence-electron chi connectivity index (χ3n) is 2.60. The van der Waals surface area contributed by atoms with Gasteiger partial charge in [-0.3, -0.25) is 4.79 Å². The average Bonchev–Trinajstić information content (AvgIpc) is 2.11. The van der Waals surface area contributed by atoms with Crippen molar-refractivity contribution in [3.05, 3.63) is 0 Å². The summed E-state index contributed by atoms with van der Waals surface area (Å²) in [7, 11) is 0. The number of hydrogen-bond acceptors (Lipinski definition) is 2. The molecule has 0 aliphatic rings. The molecule has 3 N–H and O–H groups in total. The highest BCUT2D eigenvalue weighted by Crippen LogP contribution is 2.19. The Balaban J connectivity index is 4.51. The van der Waals surface area contributed by atoms with Crippen LogP contribution in [0.5, 0.6) is 0 Å². The lowest BCUT2D eigenvalue weighted by atomic mass is 9.88. The van der Waals surface area contributed by atoms with E-state index in [1.54, 1.807) is 0 Å². The molecule has 1 atom stereocenters. The lowest BCUT2D eigenvalue weighted by molar-refractivity contribution is -0.125. The van der Waals surface area contributed by atoms with Crippen molar-refractivity contribution in [1.82, 2.24) is 5.32 Å². The molecular weight excluding hydrogens is 176 g/mol. The van der Waals surface area contributed by atoms with Gasteiger partial charge in [0.25, 0.3) is 0 Å². The Bertz CT molecular complexity index is 180. The van der Waals surface area contributed by atoms with E-state index in [0.29, 0.717) is 6.04 Å². The standard InChI is InChI=1S/C11H24N2O/c1-5-7-8-11(6-2,10(12)14)13-9(3)4/h9,13H,5-8H2,1-4H3,(H2,12,14). The Morgan fingerprint density at radius 2 is 2.00 bits per heavy atom. The van der Waals surface area contributed by atoms with Crippen LogP contribution in [0.3, 0.4) is 0 Å². The summed E-state index contributed by atoms with van der Waals surface area (Å²) < 4.78 is 0. The van der Waals surface area contributed by atoms with Crippen LogP contribution in [-0.2, 0) is 4.79 Å². The molecular formula is C11H24N2O. The molecule has 1 amide bonds. The fourth-order valence-corrected chi connectivity index (χ4v) is 1.75. The normalized spacial score (nSPS) is 15.5. The van der Waals surface area contributed by atoms with Gasteiger partial charge in [0.1, 0.15) is 0 Å². The molecule has 1 unspecified atom stereocenters. The van der Waals surface area contributed by atoms with Crippen LogP contribution in [0.2, 0.25) is 0 Å². The lowest BCUT2D eigenvalue weighted by Crippen LogP contribution is -2.57. The second-order valence-electron chi connectivity index (χ2n) is 4.20. The van der Waals surface area contributed by atoms with Crippen molar-refractivity contribution < 1.29 is 4.79 Å². The van der Waals surface area contributed by atoms with Crippen molar-refractivity contribution >= 4 is 5.91 Å². The van der Waals surface area contributed by atoms with Gasteiger partial charge in [0.15, 0.2) is 0 Å². The molecule has 0 rings (SSSR count). The van der Waals surface area contributed by atoms with E-state index in [0.717, 1.165) is 25.7 Å². The molecule has 0 aliphatic heterocycles. The Morgan fingerprint density at radius 1 is 1.43 bits per heavy atom. The predicted octanol–water partition coefficient (Wildman–Crippen LogP) is 1.81. The number of nitrogens with two attached hydrogens (primary N) is 1. The summed E-state index contributed by atoms with van der Waals surface area (Å²) in [6.45, 7) is 8.21. The number of carbonyl (C=O) groups is 1. The number of rotatable bonds is 7. The van der Waals surface area contributed by atoms with Gasteiger partial charge in [-0.2, -0.15) is 0 Å². The first-order valence-electron chi connectivity index (χ1n) is 5.56. The van der Waals surface area contributed by atoms with Crippen LogP contribution >= 0.6 is 0 Å². The minimum absolute atomic E-state index is 0.220. The van der Waals surface area contributed by atoms with Crippen molar-refractivity contribution in [2.45, 2.75) is 65.0 Å². The van der Waals surface area contributed by atoms with Gasteiger partial charge in [-0.25, -0.2) is 0 Å². The van der Waals surface area contributed by atoms with Gasteiger partial charge in [0, 0.05) is 6.04 Å². The van der Waals surface area contributed by atoms with Crippen LogP contribution in [0.1, 0.15) is 53.4 Å². The highest BCUT2D eigenvalue weighted by Gasteiger charge is 2.33. The minimum atomic E-state index is -0.496. The molecule has 14 heavy (non-hydrogen) atoms. The highest BCUT2D eigenvalue weighted by molar-refractivity contribution is 5.84. The number of unbranched alkanes of at least 4 members (excludes halogenated alkanes) is 1.